The second kappa shape index (κ2) is 3.74. The van der Waals surface area contributed by atoms with E-state index in [-0.39, 0.29) is 0 Å². The first-order chi connectivity index (χ1) is 7.93. The van der Waals surface area contributed by atoms with Gasteiger partial charge in [-0.15, -0.1) is 0 Å². The zero-order chi connectivity index (χ0) is 10.8. The highest BCUT2D eigenvalue weighted by molar-refractivity contribution is 5.83. The quantitative estimate of drug-likeness (QED) is 0.610. The molecule has 0 bridgehead atoms. The molecule has 0 spiro atoms. The molecule has 0 N–H and O–H groups in total. The van der Waals surface area contributed by atoms with Crippen molar-refractivity contribution >= 4 is 10.9 Å². The fourth-order valence-corrected chi connectivity index (χ4v) is 1.80. The smallest absolute Gasteiger partial charge is 0.0930 e. The number of benzene rings is 2. The van der Waals surface area contributed by atoms with Crippen LogP contribution in [-0.2, 0) is 0 Å². The van der Waals surface area contributed by atoms with Crippen molar-refractivity contribution in [3.8, 4) is 11.1 Å². The maximum absolute atomic E-state index is 4.07. The maximum atomic E-state index is 4.07. The fraction of sp³-hybridized carbons (Fsp3) is 0. The third-order valence-electron chi connectivity index (χ3n) is 2.62. The molecule has 16 heavy (non-hydrogen) atoms. The Morgan fingerprint density at radius 2 is 1.62 bits per heavy atom. The van der Waals surface area contributed by atoms with Crippen molar-refractivity contribution in [3.63, 3.8) is 0 Å². The molecule has 2 heteroatoms. The summed E-state index contributed by atoms with van der Waals surface area (Å²) in [5, 5.41) is 9.05. The van der Waals surface area contributed by atoms with Gasteiger partial charge in [-0.25, -0.2) is 0 Å². The van der Waals surface area contributed by atoms with Gasteiger partial charge in [-0.3, -0.25) is 0 Å². The molecular formula is C14H10N2. The molecule has 3 aromatic rings. The SMILES string of the molecule is c1ccc(-c2ccc3nnccc3c2)cc1. The molecule has 0 aliphatic heterocycles. The summed E-state index contributed by atoms with van der Waals surface area (Å²) in [7, 11) is 0. The first-order valence-corrected chi connectivity index (χ1v) is 5.20. The number of fused-ring (bicyclic) bond motifs is 1. The molecule has 2 aromatic carbocycles. The van der Waals surface area contributed by atoms with Gasteiger partial charge in [0.2, 0.25) is 0 Å². The van der Waals surface area contributed by atoms with Crippen LogP contribution < -0.4 is 0 Å². The molecule has 2 nitrogen and oxygen atoms in total. The van der Waals surface area contributed by atoms with E-state index < -0.39 is 0 Å². The average Bonchev–Trinajstić information content (AvgIpc) is 2.39. The lowest BCUT2D eigenvalue weighted by molar-refractivity contribution is 1.08. The van der Waals surface area contributed by atoms with E-state index in [0.717, 1.165) is 10.9 Å². The Labute approximate surface area is 93.6 Å². The van der Waals surface area contributed by atoms with Gasteiger partial charge in [0.15, 0.2) is 0 Å². The van der Waals surface area contributed by atoms with Crippen molar-refractivity contribution in [1.29, 1.82) is 0 Å². The first kappa shape index (κ1) is 9.04. The van der Waals surface area contributed by atoms with Crippen LogP contribution in [0.2, 0.25) is 0 Å². The molecule has 76 valence electrons. The van der Waals surface area contributed by atoms with Crippen molar-refractivity contribution in [3.05, 3.63) is 60.8 Å². The molecule has 0 unspecified atom stereocenters. The number of nitrogens with zero attached hydrogens (tertiary/aromatic N) is 2. The number of hydrogen-bond acceptors (Lipinski definition) is 2. The van der Waals surface area contributed by atoms with E-state index in [1.54, 1.807) is 6.20 Å². The van der Waals surface area contributed by atoms with Gasteiger partial charge in [0.05, 0.1) is 11.7 Å². The van der Waals surface area contributed by atoms with Crippen LogP contribution in [0.3, 0.4) is 0 Å². The zero-order valence-corrected chi connectivity index (χ0v) is 8.67. The third kappa shape index (κ3) is 1.54. The van der Waals surface area contributed by atoms with Gasteiger partial charge in [0, 0.05) is 5.39 Å². The standard InChI is InChI=1S/C14H10N2/c1-2-4-11(5-3-1)12-6-7-14-13(10-12)8-9-15-16-14/h1-10H. The molecule has 3 rings (SSSR count). The van der Waals surface area contributed by atoms with Gasteiger partial charge < -0.3 is 0 Å². The highest BCUT2D eigenvalue weighted by Crippen LogP contribution is 2.22. The minimum Gasteiger partial charge on any atom is -0.159 e. The summed E-state index contributed by atoms with van der Waals surface area (Å²) in [6.45, 7) is 0. The second-order valence-electron chi connectivity index (χ2n) is 3.67. The van der Waals surface area contributed by atoms with Gasteiger partial charge in [0.1, 0.15) is 0 Å². The van der Waals surface area contributed by atoms with Crippen molar-refractivity contribution < 1.29 is 0 Å². The summed E-state index contributed by atoms with van der Waals surface area (Å²) in [6.07, 6.45) is 1.72. The van der Waals surface area contributed by atoms with E-state index in [1.165, 1.54) is 11.1 Å². The minimum absolute atomic E-state index is 0.933. The molecule has 0 saturated carbocycles. The van der Waals surface area contributed by atoms with E-state index in [0.29, 0.717) is 0 Å². The molecule has 1 aromatic heterocycles. The number of hydrogen-bond donors (Lipinski definition) is 0. The van der Waals surface area contributed by atoms with Crippen LogP contribution in [0.4, 0.5) is 0 Å². The first-order valence-electron chi connectivity index (χ1n) is 5.20. The molecular weight excluding hydrogens is 196 g/mol. The predicted octanol–water partition coefficient (Wildman–Crippen LogP) is 3.30. The van der Waals surface area contributed by atoms with Crippen LogP contribution in [0.15, 0.2) is 60.8 Å². The summed E-state index contributed by atoms with van der Waals surface area (Å²) < 4.78 is 0. The van der Waals surface area contributed by atoms with Crippen molar-refractivity contribution in [2.24, 2.45) is 0 Å². The number of aromatic nitrogens is 2. The lowest BCUT2D eigenvalue weighted by Crippen LogP contribution is -1.83. The normalized spacial score (nSPS) is 10.5. The highest BCUT2D eigenvalue weighted by atomic mass is 15.1. The monoisotopic (exact) mass is 206 g/mol. The Morgan fingerprint density at radius 1 is 0.750 bits per heavy atom. The van der Waals surface area contributed by atoms with Gasteiger partial charge in [-0.1, -0.05) is 36.4 Å². The molecule has 0 aliphatic rings. The van der Waals surface area contributed by atoms with Crippen LogP contribution in [0, 0.1) is 0 Å². The van der Waals surface area contributed by atoms with E-state index in [9.17, 15) is 0 Å². The van der Waals surface area contributed by atoms with Crippen LogP contribution in [0.1, 0.15) is 0 Å². The topological polar surface area (TPSA) is 25.8 Å². The van der Waals surface area contributed by atoms with Crippen LogP contribution in [0.25, 0.3) is 22.0 Å². The van der Waals surface area contributed by atoms with E-state index in [4.69, 9.17) is 0 Å². The van der Waals surface area contributed by atoms with Gasteiger partial charge in [-0.2, -0.15) is 10.2 Å². The molecule has 0 saturated heterocycles. The Morgan fingerprint density at radius 3 is 2.50 bits per heavy atom. The minimum atomic E-state index is 0.933. The molecule has 0 fully saturated rings. The maximum Gasteiger partial charge on any atom is 0.0930 e. The summed E-state index contributed by atoms with van der Waals surface area (Å²) in [4.78, 5) is 0. The second-order valence-corrected chi connectivity index (χ2v) is 3.67. The van der Waals surface area contributed by atoms with Crippen molar-refractivity contribution in [2.75, 3.05) is 0 Å². The summed E-state index contributed by atoms with van der Waals surface area (Å²) in [5.41, 5.74) is 3.37. The summed E-state index contributed by atoms with van der Waals surface area (Å²) in [5.74, 6) is 0. The molecule has 0 atom stereocenters. The predicted molar refractivity (Wildman–Crippen MR) is 65.0 cm³/mol. The van der Waals surface area contributed by atoms with Crippen molar-refractivity contribution in [1.82, 2.24) is 10.2 Å². The molecule has 0 aliphatic carbocycles. The Hall–Kier alpha value is -2.22. The van der Waals surface area contributed by atoms with Crippen LogP contribution >= 0.6 is 0 Å². The number of rotatable bonds is 1. The largest absolute Gasteiger partial charge is 0.159 e. The Bertz CT molecular complexity index is 618. The zero-order valence-electron chi connectivity index (χ0n) is 8.67. The Balaban J connectivity index is 2.19. The van der Waals surface area contributed by atoms with Crippen molar-refractivity contribution in [2.45, 2.75) is 0 Å². The van der Waals surface area contributed by atoms with Crippen LogP contribution in [-0.4, -0.2) is 10.2 Å². The lowest BCUT2D eigenvalue weighted by Gasteiger charge is -2.02. The Kier molecular flexibility index (Phi) is 2.11. The highest BCUT2D eigenvalue weighted by Gasteiger charge is 1.99. The van der Waals surface area contributed by atoms with Gasteiger partial charge in [0.25, 0.3) is 0 Å². The van der Waals surface area contributed by atoms with Gasteiger partial charge >= 0.3 is 0 Å². The van der Waals surface area contributed by atoms with E-state index in [2.05, 4.69) is 34.5 Å². The van der Waals surface area contributed by atoms with Crippen LogP contribution in [0.5, 0.6) is 0 Å². The van der Waals surface area contributed by atoms with E-state index in [1.807, 2.05) is 30.3 Å². The van der Waals surface area contributed by atoms with E-state index >= 15 is 0 Å². The lowest BCUT2D eigenvalue weighted by atomic mass is 10.0. The fourth-order valence-electron chi connectivity index (χ4n) is 1.80. The third-order valence-corrected chi connectivity index (χ3v) is 2.62. The molecule has 0 amide bonds. The van der Waals surface area contributed by atoms with Gasteiger partial charge in [-0.05, 0) is 29.3 Å². The summed E-state index contributed by atoms with van der Waals surface area (Å²) in [6, 6.07) is 18.5. The molecule has 1 heterocycles. The average molecular weight is 206 g/mol. The molecule has 0 radical (unpaired) electrons. The summed E-state index contributed by atoms with van der Waals surface area (Å²) >= 11 is 0.